The summed E-state index contributed by atoms with van der Waals surface area (Å²) in [5.41, 5.74) is 5.25. The minimum Gasteiger partial charge on any atom is -0.332 e. The van der Waals surface area contributed by atoms with Crippen LogP contribution in [0.3, 0.4) is 0 Å². The van der Waals surface area contributed by atoms with E-state index in [1.165, 1.54) is 0 Å². The van der Waals surface area contributed by atoms with Crippen LogP contribution >= 0.6 is 0 Å². The van der Waals surface area contributed by atoms with Crippen LogP contribution in [-0.2, 0) is 4.79 Å². The first-order valence-electron chi connectivity index (χ1n) is 4.74. The van der Waals surface area contributed by atoms with Gasteiger partial charge in [-0.3, -0.25) is 4.79 Å². The van der Waals surface area contributed by atoms with Crippen molar-refractivity contribution in [3.8, 4) is 0 Å². The Morgan fingerprint density at radius 1 is 1.57 bits per heavy atom. The molecule has 0 aromatic heterocycles. The monoisotopic (exact) mass is 192 g/mol. The van der Waals surface area contributed by atoms with Crippen molar-refractivity contribution in [2.24, 2.45) is 17.6 Å². The lowest BCUT2D eigenvalue weighted by atomic mass is 10.3. The van der Waals surface area contributed by atoms with E-state index < -0.39 is 0 Å². The Hall–Kier alpha value is -1.35. The van der Waals surface area contributed by atoms with Gasteiger partial charge in [0.1, 0.15) is 0 Å². The maximum Gasteiger partial charge on any atom is 0.227 e. The average Bonchev–Trinajstić information content (AvgIpc) is 2.96. The quantitative estimate of drug-likeness (QED) is 0.503. The molecule has 1 saturated carbocycles. The van der Waals surface area contributed by atoms with Gasteiger partial charge in [-0.1, -0.05) is 18.2 Å². The molecule has 14 heavy (non-hydrogen) atoms. The van der Waals surface area contributed by atoms with Gasteiger partial charge in [0.05, 0.1) is 0 Å². The first kappa shape index (κ1) is 10.7. The van der Waals surface area contributed by atoms with E-state index in [9.17, 15) is 4.79 Å². The fourth-order valence-corrected chi connectivity index (χ4v) is 1.23. The van der Waals surface area contributed by atoms with Gasteiger partial charge >= 0.3 is 0 Å². The molecule has 0 radical (unpaired) electrons. The number of allylic oxidation sites excluding steroid dienone is 3. The van der Waals surface area contributed by atoms with E-state index in [2.05, 4.69) is 11.9 Å². The standard InChI is InChI=1S/C11H16N2O/c1-2-9-8-10(9)11(14)13-7-5-3-4-6-12/h2-5,7,9-10H,1,6,8,12H2,(H,13,14)/b4-3+,7-5+. The molecule has 3 heteroatoms. The number of carbonyl (C=O) groups excluding carboxylic acids is 1. The second-order valence-electron chi connectivity index (χ2n) is 3.27. The Labute approximate surface area is 84.4 Å². The van der Waals surface area contributed by atoms with Gasteiger partial charge in [-0.25, -0.2) is 0 Å². The molecule has 2 unspecified atom stereocenters. The van der Waals surface area contributed by atoms with Crippen LogP contribution in [0.1, 0.15) is 6.42 Å². The smallest absolute Gasteiger partial charge is 0.227 e. The van der Waals surface area contributed by atoms with E-state index in [4.69, 9.17) is 5.73 Å². The van der Waals surface area contributed by atoms with Crippen molar-refractivity contribution in [3.63, 3.8) is 0 Å². The van der Waals surface area contributed by atoms with E-state index in [-0.39, 0.29) is 11.8 Å². The predicted octanol–water partition coefficient (Wildman–Crippen LogP) is 0.953. The van der Waals surface area contributed by atoms with Crippen LogP contribution in [0.2, 0.25) is 0 Å². The molecule has 1 aliphatic carbocycles. The summed E-state index contributed by atoms with van der Waals surface area (Å²) < 4.78 is 0. The summed E-state index contributed by atoms with van der Waals surface area (Å²) >= 11 is 0. The van der Waals surface area contributed by atoms with Crippen molar-refractivity contribution in [1.82, 2.24) is 5.32 Å². The van der Waals surface area contributed by atoms with Crippen molar-refractivity contribution in [2.75, 3.05) is 6.54 Å². The summed E-state index contributed by atoms with van der Waals surface area (Å²) in [5, 5.41) is 2.71. The van der Waals surface area contributed by atoms with Crippen LogP contribution in [0.5, 0.6) is 0 Å². The Kier molecular flexibility index (Phi) is 4.13. The van der Waals surface area contributed by atoms with Crippen LogP contribution < -0.4 is 11.1 Å². The van der Waals surface area contributed by atoms with Crippen LogP contribution in [-0.4, -0.2) is 12.5 Å². The SMILES string of the molecule is C=CC1CC1C(=O)N/C=C/C=C/CN. The maximum atomic E-state index is 11.3. The van der Waals surface area contributed by atoms with Gasteiger partial charge in [0, 0.05) is 18.7 Å². The second-order valence-corrected chi connectivity index (χ2v) is 3.27. The van der Waals surface area contributed by atoms with Crippen molar-refractivity contribution in [2.45, 2.75) is 6.42 Å². The van der Waals surface area contributed by atoms with E-state index >= 15 is 0 Å². The molecule has 1 rings (SSSR count). The lowest BCUT2D eigenvalue weighted by Crippen LogP contribution is -2.19. The molecule has 0 saturated heterocycles. The first-order valence-corrected chi connectivity index (χ1v) is 4.74. The number of nitrogens with two attached hydrogens (primary N) is 1. The number of amides is 1. The number of carbonyl (C=O) groups is 1. The fourth-order valence-electron chi connectivity index (χ4n) is 1.23. The van der Waals surface area contributed by atoms with Crippen LogP contribution in [0.15, 0.2) is 37.1 Å². The topological polar surface area (TPSA) is 55.1 Å². The first-order chi connectivity index (χ1) is 6.79. The lowest BCUT2D eigenvalue weighted by molar-refractivity contribution is -0.121. The average molecular weight is 192 g/mol. The molecular weight excluding hydrogens is 176 g/mol. The third-order valence-electron chi connectivity index (χ3n) is 2.18. The highest BCUT2D eigenvalue weighted by Crippen LogP contribution is 2.39. The second kappa shape index (κ2) is 5.40. The van der Waals surface area contributed by atoms with Crippen molar-refractivity contribution in [3.05, 3.63) is 37.1 Å². The minimum atomic E-state index is 0.0762. The molecule has 0 aromatic carbocycles. The molecule has 0 aliphatic heterocycles. The summed E-state index contributed by atoms with van der Waals surface area (Å²) in [7, 11) is 0. The Balaban J connectivity index is 2.19. The fraction of sp³-hybridized carbons (Fsp3) is 0.364. The lowest BCUT2D eigenvalue weighted by Gasteiger charge is -1.95. The zero-order valence-electron chi connectivity index (χ0n) is 8.15. The predicted molar refractivity (Wildman–Crippen MR) is 57.3 cm³/mol. The van der Waals surface area contributed by atoms with Gasteiger partial charge in [0.15, 0.2) is 0 Å². The van der Waals surface area contributed by atoms with Gasteiger partial charge in [0.2, 0.25) is 5.91 Å². The Morgan fingerprint density at radius 2 is 2.36 bits per heavy atom. The summed E-state index contributed by atoms with van der Waals surface area (Å²) in [6.07, 6.45) is 9.78. The summed E-state index contributed by atoms with van der Waals surface area (Å²) in [4.78, 5) is 11.3. The highest BCUT2D eigenvalue weighted by atomic mass is 16.2. The highest BCUT2D eigenvalue weighted by Gasteiger charge is 2.40. The zero-order chi connectivity index (χ0) is 10.4. The normalized spacial score (nSPS) is 25.5. The Bertz CT molecular complexity index is 268. The molecule has 0 aromatic rings. The number of nitrogens with one attached hydrogen (secondary N) is 1. The summed E-state index contributed by atoms with van der Waals surface area (Å²) in [5.74, 6) is 0.589. The van der Waals surface area contributed by atoms with E-state index in [1.807, 2.05) is 12.2 Å². The van der Waals surface area contributed by atoms with E-state index in [0.29, 0.717) is 12.5 Å². The largest absolute Gasteiger partial charge is 0.332 e. The van der Waals surface area contributed by atoms with Crippen LogP contribution in [0.4, 0.5) is 0 Å². The van der Waals surface area contributed by atoms with Gasteiger partial charge in [-0.2, -0.15) is 0 Å². The molecule has 3 nitrogen and oxygen atoms in total. The summed E-state index contributed by atoms with van der Waals surface area (Å²) in [6.45, 7) is 4.17. The molecule has 2 atom stereocenters. The third-order valence-corrected chi connectivity index (χ3v) is 2.18. The number of rotatable bonds is 5. The number of hydrogen-bond acceptors (Lipinski definition) is 2. The molecular formula is C11H16N2O. The molecule has 3 N–H and O–H groups in total. The summed E-state index contributed by atoms with van der Waals surface area (Å²) in [6, 6.07) is 0. The minimum absolute atomic E-state index is 0.0762. The van der Waals surface area contributed by atoms with E-state index in [1.54, 1.807) is 18.4 Å². The van der Waals surface area contributed by atoms with Gasteiger partial charge in [-0.15, -0.1) is 6.58 Å². The van der Waals surface area contributed by atoms with Gasteiger partial charge in [0.25, 0.3) is 0 Å². The molecule has 1 fully saturated rings. The Morgan fingerprint density at radius 3 is 2.93 bits per heavy atom. The number of hydrogen-bond donors (Lipinski definition) is 2. The molecule has 0 bridgehead atoms. The van der Waals surface area contributed by atoms with E-state index in [0.717, 1.165) is 6.42 Å². The van der Waals surface area contributed by atoms with Gasteiger partial charge in [-0.05, 0) is 18.4 Å². The van der Waals surface area contributed by atoms with Crippen LogP contribution in [0, 0.1) is 11.8 Å². The third kappa shape index (κ3) is 3.18. The highest BCUT2D eigenvalue weighted by molar-refractivity contribution is 5.82. The molecule has 76 valence electrons. The molecule has 0 spiro atoms. The van der Waals surface area contributed by atoms with Crippen molar-refractivity contribution in [1.29, 1.82) is 0 Å². The maximum absolute atomic E-state index is 11.3. The molecule has 1 aliphatic rings. The van der Waals surface area contributed by atoms with Gasteiger partial charge < -0.3 is 11.1 Å². The zero-order valence-corrected chi connectivity index (χ0v) is 8.15. The van der Waals surface area contributed by atoms with Crippen molar-refractivity contribution >= 4 is 5.91 Å². The van der Waals surface area contributed by atoms with Crippen molar-refractivity contribution < 1.29 is 4.79 Å². The molecule has 1 amide bonds. The molecule has 0 heterocycles. The van der Waals surface area contributed by atoms with Crippen LogP contribution in [0.25, 0.3) is 0 Å².